The molecule has 4 heteroatoms. The number of hydrogen-bond acceptors (Lipinski definition) is 2. The number of benzene rings is 1. The Bertz CT molecular complexity index is 365. The summed E-state index contributed by atoms with van der Waals surface area (Å²) in [5.74, 6) is 0.424. The van der Waals surface area contributed by atoms with Gasteiger partial charge in [-0.05, 0) is 32.9 Å². The molecule has 1 aromatic carbocycles. The lowest BCUT2D eigenvalue weighted by Gasteiger charge is -2.28. The summed E-state index contributed by atoms with van der Waals surface area (Å²) >= 11 is 7.53. The average Bonchev–Trinajstić information content (AvgIpc) is 2.27. The van der Waals surface area contributed by atoms with Crippen molar-refractivity contribution < 1.29 is 4.79 Å². The van der Waals surface area contributed by atoms with E-state index < -0.39 is 0 Å². The van der Waals surface area contributed by atoms with Gasteiger partial charge in [-0.25, -0.2) is 0 Å². The molecule has 1 amide bonds. The molecule has 1 unspecified atom stereocenters. The molecule has 0 bridgehead atoms. The minimum absolute atomic E-state index is 0.0105. The number of alkyl halides is 1. The van der Waals surface area contributed by atoms with Crippen molar-refractivity contribution in [1.82, 2.24) is 5.32 Å². The predicted octanol–water partition coefficient (Wildman–Crippen LogP) is 3.30. The lowest BCUT2D eigenvalue weighted by atomic mass is 10.0. The van der Waals surface area contributed by atoms with E-state index in [0.717, 1.165) is 4.90 Å². The molecule has 0 saturated carbocycles. The molecular weight excluding hydrogens is 254 g/mol. The molecule has 94 valence electrons. The number of hydrogen-bond donors (Lipinski definition) is 1. The van der Waals surface area contributed by atoms with Gasteiger partial charge in [-0.15, -0.1) is 23.4 Å². The molecule has 0 radical (unpaired) electrons. The summed E-state index contributed by atoms with van der Waals surface area (Å²) in [4.78, 5) is 12.8. The van der Waals surface area contributed by atoms with E-state index in [-0.39, 0.29) is 16.8 Å². The van der Waals surface area contributed by atoms with Gasteiger partial charge in [-0.3, -0.25) is 4.79 Å². The van der Waals surface area contributed by atoms with Gasteiger partial charge in [0.25, 0.3) is 0 Å². The third kappa shape index (κ3) is 5.00. The van der Waals surface area contributed by atoms with E-state index in [1.54, 1.807) is 0 Å². The molecule has 1 aromatic rings. The van der Waals surface area contributed by atoms with Crippen molar-refractivity contribution in [3.63, 3.8) is 0 Å². The molecule has 0 aliphatic heterocycles. The predicted molar refractivity (Wildman–Crippen MR) is 74.7 cm³/mol. The number of nitrogens with one attached hydrogen (secondary N) is 1. The number of rotatable bonds is 5. The molecule has 0 spiro atoms. The largest absolute Gasteiger partial charge is 0.349 e. The first-order valence-corrected chi connectivity index (χ1v) is 6.97. The topological polar surface area (TPSA) is 29.1 Å². The van der Waals surface area contributed by atoms with E-state index >= 15 is 0 Å². The zero-order chi connectivity index (χ0) is 12.9. The number of carbonyl (C=O) groups excluding carboxylic acids is 1. The van der Waals surface area contributed by atoms with Crippen molar-refractivity contribution in [1.29, 1.82) is 0 Å². The summed E-state index contributed by atoms with van der Waals surface area (Å²) in [6.07, 6.45) is 0. The zero-order valence-electron chi connectivity index (χ0n) is 10.4. The molecule has 0 aliphatic rings. The Morgan fingerprint density at radius 1 is 1.41 bits per heavy atom. The Kier molecular flexibility index (Phi) is 5.34. The fourth-order valence-corrected chi connectivity index (χ4v) is 1.93. The van der Waals surface area contributed by atoms with Gasteiger partial charge in [0.1, 0.15) is 0 Å². The number of halogens is 1. The maximum absolute atomic E-state index is 11.7. The minimum atomic E-state index is -0.379. The molecule has 2 nitrogen and oxygen atoms in total. The van der Waals surface area contributed by atoms with Crippen molar-refractivity contribution in [2.75, 3.05) is 5.75 Å². The van der Waals surface area contributed by atoms with E-state index in [9.17, 15) is 4.79 Å². The first kappa shape index (κ1) is 14.4. The highest BCUT2D eigenvalue weighted by Gasteiger charge is 2.25. The first-order chi connectivity index (χ1) is 7.92. The van der Waals surface area contributed by atoms with Crippen LogP contribution in [0.1, 0.15) is 20.8 Å². The molecule has 0 aliphatic carbocycles. The van der Waals surface area contributed by atoms with Crippen LogP contribution in [0.15, 0.2) is 35.2 Å². The van der Waals surface area contributed by atoms with Crippen molar-refractivity contribution >= 4 is 29.3 Å². The standard InChI is InChI=1S/C13H18ClNOS/c1-10(14)13(2,3)15-12(16)9-17-11-7-5-4-6-8-11/h4-8,10H,9H2,1-3H3,(H,15,16). The Balaban J connectivity index is 2.41. The van der Waals surface area contributed by atoms with Crippen LogP contribution >= 0.6 is 23.4 Å². The van der Waals surface area contributed by atoms with E-state index in [4.69, 9.17) is 11.6 Å². The SMILES string of the molecule is CC(Cl)C(C)(C)NC(=O)CSc1ccccc1. The van der Waals surface area contributed by atoms with Crippen LogP contribution < -0.4 is 5.32 Å². The second-order valence-corrected chi connectivity index (χ2v) is 6.19. The highest BCUT2D eigenvalue weighted by molar-refractivity contribution is 8.00. The van der Waals surface area contributed by atoms with Crippen LogP contribution in [0.5, 0.6) is 0 Å². The quantitative estimate of drug-likeness (QED) is 0.658. The van der Waals surface area contributed by atoms with Crippen LogP contribution in [-0.4, -0.2) is 22.6 Å². The second kappa shape index (κ2) is 6.31. The van der Waals surface area contributed by atoms with Crippen LogP contribution in [0.4, 0.5) is 0 Å². The maximum atomic E-state index is 11.7. The van der Waals surface area contributed by atoms with Crippen LogP contribution in [0.25, 0.3) is 0 Å². The molecule has 0 saturated heterocycles. The summed E-state index contributed by atoms with van der Waals surface area (Å²) in [5, 5.41) is 2.83. The summed E-state index contributed by atoms with van der Waals surface area (Å²) < 4.78 is 0. The van der Waals surface area contributed by atoms with Gasteiger partial charge in [0.15, 0.2) is 0 Å². The molecule has 17 heavy (non-hydrogen) atoms. The number of carbonyl (C=O) groups is 1. The summed E-state index contributed by atoms with van der Waals surface area (Å²) in [7, 11) is 0. The van der Waals surface area contributed by atoms with Gasteiger partial charge in [0.2, 0.25) is 5.91 Å². The van der Waals surface area contributed by atoms with Crippen molar-refractivity contribution in [3.8, 4) is 0 Å². The van der Waals surface area contributed by atoms with Crippen molar-refractivity contribution in [3.05, 3.63) is 30.3 Å². The fraction of sp³-hybridized carbons (Fsp3) is 0.462. The Morgan fingerprint density at radius 3 is 2.53 bits per heavy atom. The Hall–Kier alpha value is -0.670. The second-order valence-electron chi connectivity index (χ2n) is 4.49. The summed E-state index contributed by atoms with van der Waals surface area (Å²) in [6, 6.07) is 9.87. The van der Waals surface area contributed by atoms with E-state index in [0.29, 0.717) is 5.75 Å². The highest BCUT2D eigenvalue weighted by atomic mass is 35.5. The third-order valence-corrected chi connectivity index (χ3v) is 4.13. The molecule has 0 heterocycles. The van der Waals surface area contributed by atoms with Gasteiger partial charge in [-0.1, -0.05) is 18.2 Å². The first-order valence-electron chi connectivity index (χ1n) is 5.55. The lowest BCUT2D eigenvalue weighted by Crippen LogP contribution is -2.49. The molecule has 0 aromatic heterocycles. The number of thioether (sulfide) groups is 1. The summed E-state index contributed by atoms with van der Waals surface area (Å²) in [6.45, 7) is 5.73. The van der Waals surface area contributed by atoms with Crippen LogP contribution in [0, 0.1) is 0 Å². The molecule has 0 fully saturated rings. The molecule has 1 N–H and O–H groups in total. The van der Waals surface area contributed by atoms with Gasteiger partial charge in [0.05, 0.1) is 16.7 Å². The Labute approximate surface area is 112 Å². The lowest BCUT2D eigenvalue weighted by molar-refractivity contribution is -0.120. The van der Waals surface area contributed by atoms with Gasteiger partial charge < -0.3 is 5.32 Å². The molecule has 1 rings (SSSR count). The fourth-order valence-electron chi connectivity index (χ4n) is 1.16. The zero-order valence-corrected chi connectivity index (χ0v) is 11.9. The monoisotopic (exact) mass is 271 g/mol. The van der Waals surface area contributed by atoms with E-state index in [2.05, 4.69) is 5.32 Å². The van der Waals surface area contributed by atoms with Crippen molar-refractivity contribution in [2.45, 2.75) is 36.6 Å². The van der Waals surface area contributed by atoms with Crippen LogP contribution in [-0.2, 0) is 4.79 Å². The van der Waals surface area contributed by atoms with Crippen LogP contribution in [0.2, 0.25) is 0 Å². The normalized spacial score (nSPS) is 13.2. The van der Waals surface area contributed by atoms with Gasteiger partial charge in [0, 0.05) is 4.90 Å². The van der Waals surface area contributed by atoms with E-state index in [1.165, 1.54) is 11.8 Å². The molecular formula is C13H18ClNOS. The number of amides is 1. The van der Waals surface area contributed by atoms with Crippen LogP contribution in [0.3, 0.4) is 0 Å². The maximum Gasteiger partial charge on any atom is 0.230 e. The Morgan fingerprint density at radius 2 is 2.00 bits per heavy atom. The average molecular weight is 272 g/mol. The van der Waals surface area contributed by atoms with Gasteiger partial charge in [-0.2, -0.15) is 0 Å². The third-order valence-electron chi connectivity index (χ3n) is 2.57. The van der Waals surface area contributed by atoms with Crippen molar-refractivity contribution in [2.24, 2.45) is 0 Å². The summed E-state index contributed by atoms with van der Waals surface area (Å²) in [5.41, 5.74) is -0.379. The smallest absolute Gasteiger partial charge is 0.230 e. The minimum Gasteiger partial charge on any atom is -0.349 e. The van der Waals surface area contributed by atoms with Gasteiger partial charge >= 0.3 is 0 Å². The van der Waals surface area contributed by atoms with E-state index in [1.807, 2.05) is 51.1 Å². The highest BCUT2D eigenvalue weighted by Crippen LogP contribution is 2.18. The molecule has 1 atom stereocenters.